The van der Waals surface area contributed by atoms with Crippen LogP contribution in [0.1, 0.15) is 5.56 Å². The molecular formula is C16H15Cl2FN2O. The fourth-order valence-electron chi connectivity index (χ4n) is 1.86. The molecule has 0 fully saturated rings. The Hall–Kier alpha value is -1.62. The van der Waals surface area contributed by atoms with E-state index in [1.807, 2.05) is 24.3 Å². The highest BCUT2D eigenvalue weighted by molar-refractivity contribution is 6.31. The number of carbonyl (C=O) groups excluding carboxylic acids is 1. The Labute approximate surface area is 138 Å². The number of rotatable bonds is 6. The molecule has 2 aromatic rings. The summed E-state index contributed by atoms with van der Waals surface area (Å²) in [5.41, 5.74) is 1.61. The number of anilines is 1. The summed E-state index contributed by atoms with van der Waals surface area (Å²) in [7, 11) is 0. The summed E-state index contributed by atoms with van der Waals surface area (Å²) in [5, 5.41) is 6.37. The molecule has 0 saturated carbocycles. The minimum Gasteiger partial charge on any atom is -0.325 e. The zero-order valence-corrected chi connectivity index (χ0v) is 13.2. The molecule has 0 heterocycles. The summed E-state index contributed by atoms with van der Waals surface area (Å²) in [5.74, 6) is -0.723. The molecule has 0 radical (unpaired) electrons. The van der Waals surface area contributed by atoms with E-state index in [1.165, 1.54) is 18.2 Å². The predicted molar refractivity (Wildman–Crippen MR) is 88.1 cm³/mol. The van der Waals surface area contributed by atoms with E-state index >= 15 is 0 Å². The molecule has 0 spiro atoms. The second-order valence-corrected chi connectivity index (χ2v) is 5.57. The molecule has 2 aromatic carbocycles. The second kappa shape index (κ2) is 8.13. The van der Waals surface area contributed by atoms with Gasteiger partial charge in [0.25, 0.3) is 0 Å². The van der Waals surface area contributed by atoms with Crippen LogP contribution >= 0.6 is 23.2 Å². The highest BCUT2D eigenvalue weighted by atomic mass is 35.5. The highest BCUT2D eigenvalue weighted by Crippen LogP contribution is 2.19. The quantitative estimate of drug-likeness (QED) is 0.783. The standard InChI is InChI=1S/C16H15Cl2FN2O/c17-12-3-1-11(2-4-12)7-8-20-10-16(22)21-13-5-6-15(19)14(18)9-13/h1-6,9,20H,7-8,10H2,(H,21,22). The van der Waals surface area contributed by atoms with Crippen molar-refractivity contribution in [2.75, 3.05) is 18.4 Å². The Morgan fingerprint density at radius 2 is 1.82 bits per heavy atom. The van der Waals surface area contributed by atoms with Crippen molar-refractivity contribution < 1.29 is 9.18 Å². The third kappa shape index (κ3) is 5.30. The number of hydrogen-bond acceptors (Lipinski definition) is 2. The number of nitrogens with one attached hydrogen (secondary N) is 2. The first-order valence-electron chi connectivity index (χ1n) is 6.74. The van der Waals surface area contributed by atoms with Crippen LogP contribution in [0.3, 0.4) is 0 Å². The van der Waals surface area contributed by atoms with Gasteiger partial charge in [0, 0.05) is 10.7 Å². The zero-order valence-electron chi connectivity index (χ0n) is 11.7. The summed E-state index contributed by atoms with van der Waals surface area (Å²) in [6, 6.07) is 11.6. The molecule has 6 heteroatoms. The van der Waals surface area contributed by atoms with Crippen LogP contribution in [0.2, 0.25) is 10.0 Å². The molecule has 116 valence electrons. The van der Waals surface area contributed by atoms with Crippen LogP contribution in [0.5, 0.6) is 0 Å². The van der Waals surface area contributed by atoms with Crippen LogP contribution in [0.25, 0.3) is 0 Å². The van der Waals surface area contributed by atoms with E-state index in [1.54, 1.807) is 0 Å². The van der Waals surface area contributed by atoms with Crippen molar-refractivity contribution in [2.45, 2.75) is 6.42 Å². The maximum atomic E-state index is 13.0. The van der Waals surface area contributed by atoms with Crippen LogP contribution < -0.4 is 10.6 Å². The van der Waals surface area contributed by atoms with Gasteiger partial charge in [0.05, 0.1) is 11.6 Å². The molecular weight excluding hydrogens is 326 g/mol. The average molecular weight is 341 g/mol. The molecule has 0 aliphatic carbocycles. The molecule has 0 unspecified atom stereocenters. The predicted octanol–water partition coefficient (Wildman–Crippen LogP) is 3.90. The molecule has 0 aliphatic heterocycles. The van der Waals surface area contributed by atoms with Gasteiger partial charge in [-0.15, -0.1) is 0 Å². The molecule has 2 rings (SSSR count). The van der Waals surface area contributed by atoms with Crippen molar-refractivity contribution >= 4 is 34.8 Å². The van der Waals surface area contributed by atoms with Gasteiger partial charge < -0.3 is 10.6 Å². The minimum absolute atomic E-state index is 0.0199. The summed E-state index contributed by atoms with van der Waals surface area (Å²) >= 11 is 11.5. The fraction of sp³-hybridized carbons (Fsp3) is 0.188. The summed E-state index contributed by atoms with van der Waals surface area (Å²) in [6.45, 7) is 0.835. The number of carbonyl (C=O) groups is 1. The Morgan fingerprint density at radius 3 is 2.50 bits per heavy atom. The molecule has 0 atom stereocenters. The monoisotopic (exact) mass is 340 g/mol. The molecule has 22 heavy (non-hydrogen) atoms. The lowest BCUT2D eigenvalue weighted by atomic mass is 10.1. The molecule has 0 aliphatic rings. The molecule has 0 aromatic heterocycles. The van der Waals surface area contributed by atoms with Crippen LogP contribution in [0.15, 0.2) is 42.5 Å². The van der Waals surface area contributed by atoms with Gasteiger partial charge in [-0.3, -0.25) is 4.79 Å². The van der Waals surface area contributed by atoms with Crippen molar-refractivity contribution in [1.29, 1.82) is 0 Å². The lowest BCUT2D eigenvalue weighted by Gasteiger charge is -2.07. The lowest BCUT2D eigenvalue weighted by molar-refractivity contribution is -0.115. The topological polar surface area (TPSA) is 41.1 Å². The lowest BCUT2D eigenvalue weighted by Crippen LogP contribution is -2.29. The van der Waals surface area contributed by atoms with Crippen LogP contribution in [0.4, 0.5) is 10.1 Å². The fourth-order valence-corrected chi connectivity index (χ4v) is 2.17. The maximum absolute atomic E-state index is 13.0. The van der Waals surface area contributed by atoms with Crippen LogP contribution in [0, 0.1) is 5.82 Å². The Bertz CT molecular complexity index is 647. The summed E-state index contributed by atoms with van der Waals surface area (Å²) in [4.78, 5) is 11.7. The third-order valence-corrected chi connectivity index (χ3v) is 3.53. The van der Waals surface area contributed by atoms with Gasteiger partial charge in [-0.1, -0.05) is 35.3 Å². The van der Waals surface area contributed by atoms with E-state index in [-0.39, 0.29) is 17.5 Å². The van der Waals surface area contributed by atoms with Crippen molar-refractivity contribution in [2.24, 2.45) is 0 Å². The second-order valence-electron chi connectivity index (χ2n) is 4.73. The van der Waals surface area contributed by atoms with E-state index in [0.717, 1.165) is 12.0 Å². The van der Waals surface area contributed by atoms with Gasteiger partial charge in [-0.2, -0.15) is 0 Å². The van der Waals surface area contributed by atoms with E-state index in [2.05, 4.69) is 10.6 Å². The summed E-state index contributed by atoms with van der Waals surface area (Å²) in [6.07, 6.45) is 0.798. The largest absolute Gasteiger partial charge is 0.325 e. The van der Waals surface area contributed by atoms with Crippen molar-refractivity contribution in [3.05, 3.63) is 63.9 Å². The van der Waals surface area contributed by atoms with Gasteiger partial charge >= 0.3 is 0 Å². The highest BCUT2D eigenvalue weighted by Gasteiger charge is 2.05. The van der Waals surface area contributed by atoms with Crippen LogP contribution in [-0.4, -0.2) is 19.0 Å². The van der Waals surface area contributed by atoms with Gasteiger partial charge in [-0.25, -0.2) is 4.39 Å². The van der Waals surface area contributed by atoms with Crippen molar-refractivity contribution in [1.82, 2.24) is 5.32 Å². The third-order valence-electron chi connectivity index (χ3n) is 2.99. The smallest absolute Gasteiger partial charge is 0.238 e. The SMILES string of the molecule is O=C(CNCCc1ccc(Cl)cc1)Nc1ccc(F)c(Cl)c1. The van der Waals surface area contributed by atoms with Gasteiger partial charge in [0.15, 0.2) is 0 Å². The summed E-state index contributed by atoms with van der Waals surface area (Å²) < 4.78 is 13.0. The average Bonchev–Trinajstić information content (AvgIpc) is 2.49. The first kappa shape index (κ1) is 16.7. The van der Waals surface area contributed by atoms with Crippen molar-refractivity contribution in [3.8, 4) is 0 Å². The molecule has 0 bridgehead atoms. The van der Waals surface area contributed by atoms with Gasteiger partial charge in [0.1, 0.15) is 5.82 Å². The Morgan fingerprint density at radius 1 is 1.09 bits per heavy atom. The minimum atomic E-state index is -0.513. The number of benzene rings is 2. The molecule has 1 amide bonds. The molecule has 3 nitrogen and oxygen atoms in total. The van der Waals surface area contributed by atoms with E-state index in [0.29, 0.717) is 17.3 Å². The van der Waals surface area contributed by atoms with E-state index in [4.69, 9.17) is 23.2 Å². The van der Waals surface area contributed by atoms with Gasteiger partial charge in [0.2, 0.25) is 5.91 Å². The number of halogens is 3. The molecule has 2 N–H and O–H groups in total. The maximum Gasteiger partial charge on any atom is 0.238 e. The number of amides is 1. The zero-order chi connectivity index (χ0) is 15.9. The van der Waals surface area contributed by atoms with E-state index in [9.17, 15) is 9.18 Å². The normalized spacial score (nSPS) is 10.5. The van der Waals surface area contributed by atoms with Crippen LogP contribution in [-0.2, 0) is 11.2 Å². The Kier molecular flexibility index (Phi) is 6.19. The number of hydrogen-bond donors (Lipinski definition) is 2. The first-order chi connectivity index (χ1) is 10.5. The molecule has 0 saturated heterocycles. The van der Waals surface area contributed by atoms with Gasteiger partial charge in [-0.05, 0) is 48.9 Å². The first-order valence-corrected chi connectivity index (χ1v) is 7.50. The van der Waals surface area contributed by atoms with Crippen molar-refractivity contribution in [3.63, 3.8) is 0 Å². The van der Waals surface area contributed by atoms with E-state index < -0.39 is 5.82 Å². The Balaban J connectivity index is 1.71.